The van der Waals surface area contributed by atoms with Gasteiger partial charge >= 0.3 is 0 Å². The molecular weight excluding hydrogens is 264 g/mol. The second-order valence-electron chi connectivity index (χ2n) is 4.96. The first-order valence-electron chi connectivity index (χ1n) is 6.73. The molecule has 2 aromatic carbocycles. The normalized spacial score (nSPS) is 10.2. The maximum atomic E-state index is 7.51. The fourth-order valence-electron chi connectivity index (χ4n) is 2.23. The molecule has 0 heterocycles. The Morgan fingerprint density at radius 2 is 1.81 bits per heavy atom. The zero-order valence-corrected chi connectivity index (χ0v) is 12.6. The lowest BCUT2D eigenvalue weighted by Gasteiger charge is -2.13. The molecule has 3 N–H and O–H groups in total. The molecule has 0 aliphatic carbocycles. The summed E-state index contributed by atoms with van der Waals surface area (Å²) >= 11 is 0. The van der Waals surface area contributed by atoms with Crippen molar-refractivity contribution in [1.82, 2.24) is 0 Å². The lowest BCUT2D eigenvalue weighted by molar-refractivity contribution is 0.301. The van der Waals surface area contributed by atoms with E-state index >= 15 is 0 Å². The monoisotopic (exact) mass is 284 g/mol. The van der Waals surface area contributed by atoms with Crippen LogP contribution in [0, 0.1) is 19.3 Å². The lowest BCUT2D eigenvalue weighted by Crippen LogP contribution is -2.13. The molecule has 0 fully saturated rings. The first kappa shape index (κ1) is 14.9. The highest BCUT2D eigenvalue weighted by molar-refractivity contribution is 5.97. The SMILES string of the molecule is COc1cc(COc2c(C)cccc2C)ccc1C(=N)N. The number of nitrogens with two attached hydrogens (primary N) is 1. The van der Waals surface area contributed by atoms with Crippen LogP contribution in [0.1, 0.15) is 22.3 Å². The number of methoxy groups -OCH3 is 1. The van der Waals surface area contributed by atoms with E-state index in [9.17, 15) is 0 Å². The molecule has 0 saturated heterocycles. The summed E-state index contributed by atoms with van der Waals surface area (Å²) in [5, 5.41) is 7.51. The van der Waals surface area contributed by atoms with Crippen molar-refractivity contribution in [3.05, 3.63) is 58.7 Å². The van der Waals surface area contributed by atoms with E-state index < -0.39 is 0 Å². The highest BCUT2D eigenvalue weighted by Crippen LogP contribution is 2.25. The molecule has 0 bridgehead atoms. The molecule has 0 radical (unpaired) electrons. The van der Waals surface area contributed by atoms with Crippen molar-refractivity contribution in [3.8, 4) is 11.5 Å². The number of ether oxygens (including phenoxy) is 2. The van der Waals surface area contributed by atoms with Crippen molar-refractivity contribution in [2.75, 3.05) is 7.11 Å². The summed E-state index contributed by atoms with van der Waals surface area (Å²) in [6.07, 6.45) is 0. The van der Waals surface area contributed by atoms with Crippen molar-refractivity contribution < 1.29 is 9.47 Å². The smallest absolute Gasteiger partial charge is 0.130 e. The quantitative estimate of drug-likeness (QED) is 0.654. The Balaban J connectivity index is 2.19. The summed E-state index contributed by atoms with van der Waals surface area (Å²) in [5.74, 6) is 1.49. The Kier molecular flexibility index (Phi) is 4.48. The van der Waals surface area contributed by atoms with E-state index in [4.69, 9.17) is 20.6 Å². The molecule has 0 amide bonds. The predicted octanol–water partition coefficient (Wildman–Crippen LogP) is 3.18. The van der Waals surface area contributed by atoms with Crippen LogP contribution in [0.15, 0.2) is 36.4 Å². The zero-order chi connectivity index (χ0) is 15.4. The third kappa shape index (κ3) is 3.34. The Morgan fingerprint density at radius 1 is 1.14 bits per heavy atom. The molecule has 0 unspecified atom stereocenters. The van der Waals surface area contributed by atoms with Gasteiger partial charge < -0.3 is 15.2 Å². The van der Waals surface area contributed by atoms with Gasteiger partial charge in [0.15, 0.2) is 0 Å². The van der Waals surface area contributed by atoms with Crippen LogP contribution in [0.4, 0.5) is 0 Å². The van der Waals surface area contributed by atoms with Gasteiger partial charge in [-0.05, 0) is 42.7 Å². The van der Waals surface area contributed by atoms with Crippen molar-refractivity contribution in [2.45, 2.75) is 20.5 Å². The number of aryl methyl sites for hydroxylation is 2. The van der Waals surface area contributed by atoms with Crippen LogP contribution < -0.4 is 15.2 Å². The molecule has 2 aromatic rings. The van der Waals surface area contributed by atoms with Gasteiger partial charge in [0.25, 0.3) is 0 Å². The topological polar surface area (TPSA) is 68.3 Å². The molecule has 0 spiro atoms. The standard InChI is InChI=1S/C17H20N2O2/c1-11-5-4-6-12(2)16(11)21-10-13-7-8-14(17(18)19)15(9-13)20-3/h4-9H,10H2,1-3H3,(H3,18,19). The Labute approximate surface area is 125 Å². The summed E-state index contributed by atoms with van der Waals surface area (Å²) in [4.78, 5) is 0. The molecular formula is C17H20N2O2. The summed E-state index contributed by atoms with van der Waals surface area (Å²) in [6.45, 7) is 4.50. The number of rotatable bonds is 5. The van der Waals surface area contributed by atoms with Crippen LogP contribution in [0.3, 0.4) is 0 Å². The Bertz CT molecular complexity index is 646. The minimum absolute atomic E-state index is 0.00549. The Morgan fingerprint density at radius 3 is 2.38 bits per heavy atom. The third-order valence-corrected chi connectivity index (χ3v) is 3.35. The van der Waals surface area contributed by atoms with Crippen molar-refractivity contribution in [3.63, 3.8) is 0 Å². The second-order valence-corrected chi connectivity index (χ2v) is 4.96. The Hall–Kier alpha value is -2.49. The molecule has 0 aliphatic heterocycles. The van der Waals surface area contributed by atoms with Gasteiger partial charge in [-0.1, -0.05) is 24.3 Å². The fraction of sp³-hybridized carbons (Fsp3) is 0.235. The van der Waals surface area contributed by atoms with Crippen LogP contribution in [0.25, 0.3) is 0 Å². The van der Waals surface area contributed by atoms with Gasteiger partial charge in [0.2, 0.25) is 0 Å². The molecule has 21 heavy (non-hydrogen) atoms. The molecule has 0 saturated carbocycles. The summed E-state index contributed by atoms with van der Waals surface area (Å²) < 4.78 is 11.2. The van der Waals surface area contributed by atoms with Crippen molar-refractivity contribution in [1.29, 1.82) is 5.41 Å². The maximum Gasteiger partial charge on any atom is 0.130 e. The first-order valence-corrected chi connectivity index (χ1v) is 6.73. The highest BCUT2D eigenvalue weighted by Gasteiger charge is 2.08. The van der Waals surface area contributed by atoms with Crippen LogP contribution in [-0.2, 0) is 6.61 Å². The van der Waals surface area contributed by atoms with Crippen LogP contribution >= 0.6 is 0 Å². The van der Waals surface area contributed by atoms with E-state index in [1.165, 1.54) is 0 Å². The third-order valence-electron chi connectivity index (χ3n) is 3.35. The first-order chi connectivity index (χ1) is 10.0. The molecule has 0 aliphatic rings. The summed E-state index contributed by atoms with van der Waals surface area (Å²) in [5.41, 5.74) is 9.31. The average Bonchev–Trinajstić information content (AvgIpc) is 2.46. The number of nitrogen functional groups attached to an aromatic ring is 1. The van der Waals surface area contributed by atoms with E-state index in [2.05, 4.69) is 0 Å². The number of nitrogens with one attached hydrogen (secondary N) is 1. The molecule has 4 nitrogen and oxygen atoms in total. The minimum Gasteiger partial charge on any atom is -0.496 e. The van der Waals surface area contributed by atoms with E-state index in [0.29, 0.717) is 17.9 Å². The minimum atomic E-state index is -0.00549. The zero-order valence-electron chi connectivity index (χ0n) is 12.6. The summed E-state index contributed by atoms with van der Waals surface area (Å²) in [7, 11) is 1.57. The highest BCUT2D eigenvalue weighted by atomic mass is 16.5. The number of hydrogen-bond donors (Lipinski definition) is 2. The van der Waals surface area contributed by atoms with Gasteiger partial charge in [0.05, 0.1) is 12.7 Å². The van der Waals surface area contributed by atoms with Gasteiger partial charge in [-0.25, -0.2) is 0 Å². The largest absolute Gasteiger partial charge is 0.496 e. The number of benzene rings is 2. The molecule has 0 atom stereocenters. The fourth-order valence-corrected chi connectivity index (χ4v) is 2.23. The van der Waals surface area contributed by atoms with E-state index in [-0.39, 0.29) is 5.84 Å². The van der Waals surface area contributed by atoms with Gasteiger partial charge in [-0.2, -0.15) is 0 Å². The second kappa shape index (κ2) is 6.31. The molecule has 2 rings (SSSR count). The lowest BCUT2D eigenvalue weighted by atomic mass is 10.1. The number of amidine groups is 1. The van der Waals surface area contributed by atoms with Crippen LogP contribution in [0.2, 0.25) is 0 Å². The summed E-state index contributed by atoms with van der Waals surface area (Å²) in [6, 6.07) is 11.6. The maximum absolute atomic E-state index is 7.51. The van der Waals surface area contributed by atoms with Gasteiger partial charge in [-0.15, -0.1) is 0 Å². The number of para-hydroxylation sites is 1. The van der Waals surface area contributed by atoms with Gasteiger partial charge in [0, 0.05) is 0 Å². The number of hydrogen-bond acceptors (Lipinski definition) is 3. The van der Waals surface area contributed by atoms with Gasteiger partial charge in [-0.3, -0.25) is 5.41 Å². The van der Waals surface area contributed by atoms with Gasteiger partial charge in [0.1, 0.15) is 23.9 Å². The average molecular weight is 284 g/mol. The predicted molar refractivity (Wildman–Crippen MR) is 84.3 cm³/mol. The van der Waals surface area contributed by atoms with Crippen molar-refractivity contribution in [2.24, 2.45) is 5.73 Å². The molecule has 110 valence electrons. The van der Waals surface area contributed by atoms with Crippen LogP contribution in [0.5, 0.6) is 11.5 Å². The van der Waals surface area contributed by atoms with E-state index in [1.54, 1.807) is 13.2 Å². The van der Waals surface area contributed by atoms with E-state index in [1.807, 2.05) is 44.2 Å². The van der Waals surface area contributed by atoms with Crippen LogP contribution in [-0.4, -0.2) is 12.9 Å². The molecule has 4 heteroatoms. The van der Waals surface area contributed by atoms with Crippen molar-refractivity contribution >= 4 is 5.84 Å². The van der Waals surface area contributed by atoms with E-state index in [0.717, 1.165) is 22.4 Å². The molecule has 0 aromatic heterocycles.